The van der Waals surface area contributed by atoms with E-state index in [0.29, 0.717) is 6.04 Å². The Morgan fingerprint density at radius 2 is 1.95 bits per heavy atom. The third-order valence-electron chi connectivity index (χ3n) is 4.50. The zero-order valence-electron chi connectivity index (χ0n) is 14.6. The highest BCUT2D eigenvalue weighted by Gasteiger charge is 2.32. The van der Waals surface area contributed by atoms with Gasteiger partial charge in [-0.05, 0) is 70.7 Å². The second kappa shape index (κ2) is 7.75. The summed E-state index contributed by atoms with van der Waals surface area (Å²) in [5, 5.41) is 8.34. The average Bonchev–Trinajstić information content (AvgIpc) is 2.70. The predicted molar refractivity (Wildman–Crippen MR) is 93.9 cm³/mol. The Bertz CT molecular complexity index is 451. The molecule has 1 atom stereocenters. The van der Waals surface area contributed by atoms with Crippen LogP contribution in [-0.4, -0.2) is 46.9 Å². The van der Waals surface area contributed by atoms with Gasteiger partial charge in [-0.15, -0.1) is 0 Å². The van der Waals surface area contributed by atoms with Gasteiger partial charge in [0.25, 0.3) is 0 Å². The smallest absolute Gasteiger partial charge is 0.0738 e. The largest absolute Gasteiger partial charge is 0.312 e. The lowest BCUT2D eigenvalue weighted by Gasteiger charge is -2.41. The lowest BCUT2D eigenvalue weighted by atomic mass is 9.89. The van der Waals surface area contributed by atoms with Gasteiger partial charge in [0.15, 0.2) is 0 Å². The summed E-state index contributed by atoms with van der Waals surface area (Å²) in [5.74, 6) is 0. The highest BCUT2D eigenvalue weighted by atomic mass is 79.9. The fourth-order valence-electron chi connectivity index (χ4n) is 2.46. The van der Waals surface area contributed by atoms with Gasteiger partial charge in [0.05, 0.1) is 15.9 Å². The molecule has 0 radical (unpaired) electrons. The maximum absolute atomic E-state index is 4.62. The second-order valence-corrected chi connectivity index (χ2v) is 7.21. The fourth-order valence-corrected chi connectivity index (χ4v) is 2.91. The van der Waals surface area contributed by atoms with E-state index >= 15 is 0 Å². The molecule has 1 heterocycles. The number of nitrogens with zero attached hydrogens (tertiary/aromatic N) is 3. The van der Waals surface area contributed by atoms with Gasteiger partial charge in [0.1, 0.15) is 0 Å². The zero-order chi connectivity index (χ0) is 16.2. The molecule has 1 unspecified atom stereocenters. The van der Waals surface area contributed by atoms with E-state index in [0.717, 1.165) is 36.1 Å². The second-order valence-electron chi connectivity index (χ2n) is 6.42. The first-order chi connectivity index (χ1) is 9.75. The van der Waals surface area contributed by atoms with E-state index in [4.69, 9.17) is 0 Å². The molecule has 1 N–H and O–H groups in total. The van der Waals surface area contributed by atoms with Crippen LogP contribution in [0.5, 0.6) is 0 Å². The molecule has 0 amide bonds. The van der Waals surface area contributed by atoms with Crippen LogP contribution in [0.1, 0.15) is 45.5 Å². The molecule has 0 aliphatic rings. The summed E-state index contributed by atoms with van der Waals surface area (Å²) in [6, 6.07) is 0.380. The maximum atomic E-state index is 4.62. The summed E-state index contributed by atoms with van der Waals surface area (Å²) in [6.45, 7) is 13.0. The van der Waals surface area contributed by atoms with Crippen molar-refractivity contribution in [3.63, 3.8) is 0 Å². The van der Waals surface area contributed by atoms with Crippen molar-refractivity contribution in [1.29, 1.82) is 0 Å². The molecular weight excluding hydrogens is 328 g/mol. The Balaban J connectivity index is 3.07. The van der Waals surface area contributed by atoms with Gasteiger partial charge in [-0.2, -0.15) is 5.10 Å². The Hall–Kier alpha value is -0.390. The first-order valence-corrected chi connectivity index (χ1v) is 8.67. The van der Waals surface area contributed by atoms with Crippen LogP contribution in [0.4, 0.5) is 0 Å². The molecule has 0 saturated carbocycles. The summed E-state index contributed by atoms with van der Waals surface area (Å²) in [4.78, 5) is 2.30. The molecule has 0 fully saturated rings. The third kappa shape index (κ3) is 4.30. The van der Waals surface area contributed by atoms with Crippen LogP contribution < -0.4 is 5.32 Å². The van der Waals surface area contributed by atoms with Gasteiger partial charge in [-0.1, -0.05) is 6.92 Å². The SMILES string of the molecule is CCCNC(Cc1c(Br)c(C)nn1CC)C(C)(C)N(C)C. The molecule has 0 aromatic carbocycles. The molecule has 0 bridgehead atoms. The highest BCUT2D eigenvalue weighted by Crippen LogP contribution is 2.26. The Morgan fingerprint density at radius 1 is 1.33 bits per heavy atom. The normalized spacial score (nSPS) is 14.0. The van der Waals surface area contributed by atoms with E-state index in [1.165, 1.54) is 5.69 Å². The van der Waals surface area contributed by atoms with E-state index < -0.39 is 0 Å². The molecule has 21 heavy (non-hydrogen) atoms. The molecule has 0 saturated heterocycles. The van der Waals surface area contributed by atoms with E-state index in [1.54, 1.807) is 0 Å². The van der Waals surface area contributed by atoms with Crippen LogP contribution in [0.3, 0.4) is 0 Å². The molecular formula is C16H31BrN4. The number of aryl methyl sites for hydroxylation is 2. The molecule has 1 rings (SSSR count). The van der Waals surface area contributed by atoms with Crippen LogP contribution in [-0.2, 0) is 13.0 Å². The molecule has 0 spiro atoms. The van der Waals surface area contributed by atoms with E-state index in [2.05, 4.69) is 84.6 Å². The van der Waals surface area contributed by atoms with E-state index in [-0.39, 0.29) is 5.54 Å². The molecule has 5 heteroatoms. The van der Waals surface area contributed by atoms with Crippen molar-refractivity contribution in [3.05, 3.63) is 15.9 Å². The number of rotatable bonds is 8. The van der Waals surface area contributed by atoms with Gasteiger partial charge in [0.2, 0.25) is 0 Å². The Morgan fingerprint density at radius 3 is 2.43 bits per heavy atom. The van der Waals surface area contributed by atoms with Crippen LogP contribution in [0.2, 0.25) is 0 Å². The molecule has 0 aliphatic heterocycles. The van der Waals surface area contributed by atoms with Gasteiger partial charge >= 0.3 is 0 Å². The van der Waals surface area contributed by atoms with Crippen molar-refractivity contribution >= 4 is 15.9 Å². The Labute approximate surface area is 138 Å². The van der Waals surface area contributed by atoms with Crippen molar-refractivity contribution in [1.82, 2.24) is 20.0 Å². The number of likely N-dealkylation sites (N-methyl/N-ethyl adjacent to an activating group) is 1. The molecule has 0 aliphatic carbocycles. The van der Waals surface area contributed by atoms with Gasteiger partial charge in [-0.25, -0.2) is 0 Å². The van der Waals surface area contributed by atoms with Crippen LogP contribution in [0.15, 0.2) is 4.47 Å². The van der Waals surface area contributed by atoms with Crippen LogP contribution in [0, 0.1) is 6.92 Å². The molecule has 4 nitrogen and oxygen atoms in total. The van der Waals surface area contributed by atoms with Crippen molar-refractivity contribution in [2.45, 2.75) is 65.6 Å². The summed E-state index contributed by atoms with van der Waals surface area (Å²) < 4.78 is 3.27. The third-order valence-corrected chi connectivity index (χ3v) is 5.53. The topological polar surface area (TPSA) is 33.1 Å². The van der Waals surface area contributed by atoms with Crippen LogP contribution >= 0.6 is 15.9 Å². The zero-order valence-corrected chi connectivity index (χ0v) is 16.2. The number of hydrogen-bond acceptors (Lipinski definition) is 3. The summed E-state index contributed by atoms with van der Waals surface area (Å²) in [7, 11) is 4.30. The summed E-state index contributed by atoms with van der Waals surface area (Å²) in [5.41, 5.74) is 2.44. The first-order valence-electron chi connectivity index (χ1n) is 7.88. The summed E-state index contributed by atoms with van der Waals surface area (Å²) >= 11 is 3.72. The quantitative estimate of drug-likeness (QED) is 0.774. The van der Waals surface area contributed by atoms with E-state index in [9.17, 15) is 0 Å². The first kappa shape index (κ1) is 18.7. The van der Waals surface area contributed by atoms with Crippen molar-refractivity contribution < 1.29 is 0 Å². The molecule has 122 valence electrons. The van der Waals surface area contributed by atoms with Crippen molar-refractivity contribution in [2.75, 3.05) is 20.6 Å². The fraction of sp³-hybridized carbons (Fsp3) is 0.812. The minimum atomic E-state index is 0.0748. The number of hydrogen-bond donors (Lipinski definition) is 1. The highest BCUT2D eigenvalue weighted by molar-refractivity contribution is 9.10. The van der Waals surface area contributed by atoms with Crippen molar-refractivity contribution in [2.24, 2.45) is 0 Å². The molecule has 1 aromatic heterocycles. The standard InChI is InChI=1S/C16H31BrN4/c1-8-10-18-14(16(4,5)20(6)7)11-13-15(17)12(3)19-21(13)9-2/h14,18H,8-11H2,1-7H3. The van der Waals surface area contributed by atoms with E-state index in [1.807, 2.05) is 0 Å². The lowest BCUT2D eigenvalue weighted by Crippen LogP contribution is -2.56. The van der Waals surface area contributed by atoms with Gasteiger partial charge < -0.3 is 10.2 Å². The monoisotopic (exact) mass is 358 g/mol. The van der Waals surface area contributed by atoms with Gasteiger partial charge in [0, 0.05) is 24.5 Å². The number of aromatic nitrogens is 2. The molecule has 1 aromatic rings. The Kier molecular flexibility index (Phi) is 6.88. The predicted octanol–water partition coefficient (Wildman–Crippen LogP) is 3.22. The minimum Gasteiger partial charge on any atom is -0.312 e. The lowest BCUT2D eigenvalue weighted by molar-refractivity contribution is 0.136. The van der Waals surface area contributed by atoms with Crippen LogP contribution in [0.25, 0.3) is 0 Å². The van der Waals surface area contributed by atoms with Crippen molar-refractivity contribution in [3.8, 4) is 0 Å². The maximum Gasteiger partial charge on any atom is 0.0738 e. The minimum absolute atomic E-state index is 0.0748. The number of nitrogens with one attached hydrogen (secondary N) is 1. The van der Waals surface area contributed by atoms with Gasteiger partial charge in [-0.3, -0.25) is 4.68 Å². The average molecular weight is 359 g/mol. The number of halogens is 1. The summed E-state index contributed by atoms with van der Waals surface area (Å²) in [6.07, 6.45) is 2.12.